The van der Waals surface area contributed by atoms with E-state index in [2.05, 4.69) is 4.98 Å². The molecule has 4 aromatic rings. The van der Waals surface area contributed by atoms with E-state index >= 15 is 0 Å². The number of hydrogen-bond donors (Lipinski definition) is 1. The van der Waals surface area contributed by atoms with Crippen LogP contribution >= 0.6 is 11.3 Å². The monoisotopic (exact) mass is 410 g/mol. The van der Waals surface area contributed by atoms with Crippen molar-refractivity contribution in [1.82, 2.24) is 9.55 Å². The van der Waals surface area contributed by atoms with Gasteiger partial charge in [0.2, 0.25) is 0 Å². The van der Waals surface area contributed by atoms with Gasteiger partial charge < -0.3 is 9.84 Å². The van der Waals surface area contributed by atoms with Crippen LogP contribution in [0.4, 0.5) is 4.39 Å². The molecule has 1 atom stereocenters. The maximum Gasteiger partial charge on any atom is 0.271 e. The fourth-order valence-corrected chi connectivity index (χ4v) is 4.06. The number of halogens is 1. The Kier molecular flexibility index (Phi) is 5.80. The van der Waals surface area contributed by atoms with E-state index in [0.717, 1.165) is 16.0 Å². The summed E-state index contributed by atoms with van der Waals surface area (Å²) in [6.45, 7) is 0.612. The number of ether oxygens (including phenoxy) is 1. The molecule has 0 fully saturated rings. The molecule has 0 radical (unpaired) electrons. The maximum atomic E-state index is 13.1. The third-order valence-electron chi connectivity index (χ3n) is 4.46. The van der Waals surface area contributed by atoms with E-state index in [0.29, 0.717) is 16.8 Å². The van der Waals surface area contributed by atoms with Gasteiger partial charge in [-0.3, -0.25) is 9.36 Å². The van der Waals surface area contributed by atoms with Crippen molar-refractivity contribution in [3.63, 3.8) is 0 Å². The SMILES string of the molecule is O=c1c2sc(-c3ccc(F)cc3)cc2ncn1C[C@@H](O)COCc1ccccc1. The lowest BCUT2D eigenvalue weighted by Gasteiger charge is -2.13. The molecule has 0 aliphatic heterocycles. The summed E-state index contributed by atoms with van der Waals surface area (Å²) < 4.78 is 20.6. The van der Waals surface area contributed by atoms with Gasteiger partial charge in [0.05, 0.1) is 37.7 Å². The highest BCUT2D eigenvalue weighted by Crippen LogP contribution is 2.30. The lowest BCUT2D eigenvalue weighted by Crippen LogP contribution is -2.29. The molecule has 148 valence electrons. The number of aromatic nitrogens is 2. The predicted molar refractivity (Wildman–Crippen MR) is 111 cm³/mol. The molecule has 0 amide bonds. The van der Waals surface area contributed by atoms with Crippen molar-refractivity contribution in [1.29, 1.82) is 0 Å². The summed E-state index contributed by atoms with van der Waals surface area (Å²) in [5, 5.41) is 10.2. The Hall–Kier alpha value is -2.87. The smallest absolute Gasteiger partial charge is 0.271 e. The first-order valence-electron chi connectivity index (χ1n) is 9.15. The van der Waals surface area contributed by atoms with E-state index in [4.69, 9.17) is 4.74 Å². The molecule has 0 unspecified atom stereocenters. The van der Waals surface area contributed by atoms with Crippen molar-refractivity contribution >= 4 is 21.6 Å². The molecule has 1 N–H and O–H groups in total. The summed E-state index contributed by atoms with van der Waals surface area (Å²) in [7, 11) is 0. The quantitative estimate of drug-likeness (QED) is 0.503. The third kappa shape index (κ3) is 4.59. The van der Waals surface area contributed by atoms with Crippen LogP contribution in [0.2, 0.25) is 0 Å². The van der Waals surface area contributed by atoms with Gasteiger partial charge in [0, 0.05) is 4.88 Å². The summed E-state index contributed by atoms with van der Waals surface area (Å²) in [5.74, 6) is -0.307. The first-order chi connectivity index (χ1) is 14.1. The molecule has 4 rings (SSSR count). The first-order valence-corrected chi connectivity index (χ1v) is 9.96. The Morgan fingerprint density at radius 3 is 2.66 bits per heavy atom. The minimum Gasteiger partial charge on any atom is -0.389 e. The second-order valence-corrected chi connectivity index (χ2v) is 7.74. The maximum absolute atomic E-state index is 13.1. The molecule has 2 heterocycles. The summed E-state index contributed by atoms with van der Waals surface area (Å²) in [6.07, 6.45) is 0.610. The van der Waals surface area contributed by atoms with Gasteiger partial charge in [0.15, 0.2) is 0 Å². The average molecular weight is 410 g/mol. The van der Waals surface area contributed by atoms with Crippen LogP contribution in [0.15, 0.2) is 71.8 Å². The predicted octanol–water partition coefficient (Wildman–Crippen LogP) is 3.84. The average Bonchev–Trinajstić information content (AvgIpc) is 3.17. The molecular weight excluding hydrogens is 391 g/mol. The van der Waals surface area contributed by atoms with Gasteiger partial charge in [-0.05, 0) is 29.3 Å². The molecule has 0 saturated carbocycles. The zero-order valence-electron chi connectivity index (χ0n) is 15.5. The first kappa shape index (κ1) is 19.4. The van der Waals surface area contributed by atoms with E-state index in [1.165, 1.54) is 34.4 Å². The highest BCUT2D eigenvalue weighted by Gasteiger charge is 2.13. The van der Waals surface area contributed by atoms with Gasteiger partial charge in [-0.1, -0.05) is 42.5 Å². The van der Waals surface area contributed by atoms with E-state index in [9.17, 15) is 14.3 Å². The summed E-state index contributed by atoms with van der Waals surface area (Å²) in [4.78, 5) is 18.0. The van der Waals surface area contributed by atoms with E-state index < -0.39 is 6.10 Å². The fourth-order valence-electron chi connectivity index (χ4n) is 3.00. The molecule has 0 saturated heterocycles. The fraction of sp³-hybridized carbons (Fsp3) is 0.182. The van der Waals surface area contributed by atoms with Crippen molar-refractivity contribution in [2.45, 2.75) is 19.3 Å². The molecule has 0 aliphatic rings. The number of benzene rings is 2. The summed E-state index contributed by atoms with van der Waals surface area (Å²) in [5.41, 5.74) is 2.22. The molecule has 2 aromatic heterocycles. The highest BCUT2D eigenvalue weighted by molar-refractivity contribution is 7.22. The van der Waals surface area contributed by atoms with Crippen molar-refractivity contribution in [3.05, 3.63) is 88.7 Å². The Labute approximate surface area is 170 Å². The molecule has 0 aliphatic carbocycles. The van der Waals surface area contributed by atoms with Gasteiger partial charge in [0.1, 0.15) is 10.5 Å². The van der Waals surface area contributed by atoms with Gasteiger partial charge in [-0.15, -0.1) is 11.3 Å². The van der Waals surface area contributed by atoms with E-state index in [1.54, 1.807) is 12.1 Å². The highest BCUT2D eigenvalue weighted by atomic mass is 32.1. The van der Waals surface area contributed by atoms with Crippen molar-refractivity contribution in [3.8, 4) is 10.4 Å². The minimum absolute atomic E-state index is 0.0976. The number of fused-ring (bicyclic) bond motifs is 1. The van der Waals surface area contributed by atoms with Gasteiger partial charge in [-0.2, -0.15) is 0 Å². The Balaban J connectivity index is 1.45. The van der Waals surface area contributed by atoms with Crippen LogP contribution in [-0.4, -0.2) is 27.4 Å². The normalized spacial score (nSPS) is 12.3. The van der Waals surface area contributed by atoms with Crippen LogP contribution in [0, 0.1) is 5.82 Å². The van der Waals surface area contributed by atoms with Crippen LogP contribution in [0.25, 0.3) is 20.7 Å². The van der Waals surface area contributed by atoms with Gasteiger partial charge in [-0.25, -0.2) is 9.37 Å². The van der Waals surface area contributed by atoms with Crippen LogP contribution in [-0.2, 0) is 17.9 Å². The topological polar surface area (TPSA) is 64.4 Å². The molecular formula is C22H19FN2O3S. The van der Waals surface area contributed by atoms with Crippen molar-refractivity contribution < 1.29 is 14.2 Å². The van der Waals surface area contributed by atoms with Crippen LogP contribution in [0.3, 0.4) is 0 Å². The Morgan fingerprint density at radius 1 is 1.14 bits per heavy atom. The largest absolute Gasteiger partial charge is 0.389 e. The summed E-state index contributed by atoms with van der Waals surface area (Å²) in [6, 6.07) is 17.6. The number of aliphatic hydroxyl groups excluding tert-OH is 1. The molecule has 2 aromatic carbocycles. The molecule has 0 bridgehead atoms. The van der Waals surface area contributed by atoms with Crippen LogP contribution in [0.1, 0.15) is 5.56 Å². The van der Waals surface area contributed by atoms with Crippen LogP contribution < -0.4 is 5.56 Å². The standard InChI is InChI=1S/C22H19FN2O3S/c23-17-8-6-16(7-9-17)20-10-19-21(29-20)22(27)25(14-24-19)11-18(26)13-28-12-15-4-2-1-3-5-15/h1-10,14,18,26H,11-13H2/t18-/m1/s1. The zero-order valence-corrected chi connectivity index (χ0v) is 16.3. The molecule has 29 heavy (non-hydrogen) atoms. The Morgan fingerprint density at radius 2 is 1.90 bits per heavy atom. The van der Waals surface area contributed by atoms with E-state index in [1.807, 2.05) is 36.4 Å². The van der Waals surface area contributed by atoms with Gasteiger partial charge >= 0.3 is 0 Å². The van der Waals surface area contributed by atoms with Gasteiger partial charge in [0.25, 0.3) is 5.56 Å². The second kappa shape index (κ2) is 8.65. The second-order valence-electron chi connectivity index (χ2n) is 6.69. The zero-order chi connectivity index (χ0) is 20.2. The third-order valence-corrected chi connectivity index (χ3v) is 5.62. The van der Waals surface area contributed by atoms with Crippen LogP contribution in [0.5, 0.6) is 0 Å². The number of nitrogens with zero attached hydrogens (tertiary/aromatic N) is 2. The van der Waals surface area contributed by atoms with E-state index in [-0.39, 0.29) is 24.5 Å². The minimum atomic E-state index is -0.827. The number of aliphatic hydroxyl groups is 1. The Bertz CT molecular complexity index is 1160. The van der Waals surface area contributed by atoms with Crippen molar-refractivity contribution in [2.24, 2.45) is 0 Å². The molecule has 0 spiro atoms. The number of thiophene rings is 1. The summed E-state index contributed by atoms with van der Waals surface area (Å²) >= 11 is 1.31. The lowest BCUT2D eigenvalue weighted by molar-refractivity contribution is 0.0198. The molecule has 5 nitrogen and oxygen atoms in total. The van der Waals surface area contributed by atoms with Crippen molar-refractivity contribution in [2.75, 3.05) is 6.61 Å². The lowest BCUT2D eigenvalue weighted by atomic mass is 10.2. The number of rotatable bonds is 7. The number of hydrogen-bond acceptors (Lipinski definition) is 5. The molecule has 7 heteroatoms.